The first-order valence-electron chi connectivity index (χ1n) is 5.15. The third-order valence-electron chi connectivity index (χ3n) is 2.32. The topological polar surface area (TPSA) is 75.3 Å². The SMILES string of the molecule is O=C(C[C@H]1SC(=O)NC1=O)Nc1ccccc1S. The van der Waals surface area contributed by atoms with E-state index in [0.717, 1.165) is 11.8 Å². The number of hydrogen-bond acceptors (Lipinski definition) is 5. The lowest BCUT2D eigenvalue weighted by atomic mass is 10.2. The summed E-state index contributed by atoms with van der Waals surface area (Å²) in [4.78, 5) is 34.6. The molecule has 1 aromatic rings. The van der Waals surface area contributed by atoms with Crippen molar-refractivity contribution >= 4 is 47.1 Å². The van der Waals surface area contributed by atoms with Crippen LogP contribution in [0.3, 0.4) is 0 Å². The largest absolute Gasteiger partial charge is 0.325 e. The molecule has 1 fully saturated rings. The molecule has 0 spiro atoms. The van der Waals surface area contributed by atoms with Gasteiger partial charge in [0.25, 0.3) is 5.24 Å². The molecule has 1 aliphatic rings. The molecule has 0 bridgehead atoms. The highest BCUT2D eigenvalue weighted by molar-refractivity contribution is 8.15. The van der Waals surface area contributed by atoms with Crippen LogP contribution in [0.4, 0.5) is 10.5 Å². The van der Waals surface area contributed by atoms with Gasteiger partial charge in [-0.2, -0.15) is 0 Å². The molecule has 3 amide bonds. The van der Waals surface area contributed by atoms with Gasteiger partial charge in [0.05, 0.1) is 5.69 Å². The molecule has 0 unspecified atom stereocenters. The first-order chi connectivity index (χ1) is 8.56. The molecule has 1 aliphatic heterocycles. The van der Waals surface area contributed by atoms with Crippen LogP contribution in [0.25, 0.3) is 0 Å². The Morgan fingerprint density at radius 2 is 2.11 bits per heavy atom. The molecule has 0 aliphatic carbocycles. The minimum absolute atomic E-state index is 0.0373. The Morgan fingerprint density at radius 3 is 2.72 bits per heavy atom. The van der Waals surface area contributed by atoms with Gasteiger partial charge in [0, 0.05) is 11.3 Å². The number of carbonyl (C=O) groups excluding carboxylic acids is 3. The molecule has 1 heterocycles. The van der Waals surface area contributed by atoms with Crippen LogP contribution in [0, 0.1) is 0 Å². The number of thiol groups is 1. The lowest BCUT2D eigenvalue weighted by Gasteiger charge is -2.08. The summed E-state index contributed by atoms with van der Waals surface area (Å²) in [7, 11) is 0. The summed E-state index contributed by atoms with van der Waals surface area (Å²) in [5.74, 6) is -0.738. The van der Waals surface area contributed by atoms with Gasteiger partial charge in [-0.15, -0.1) is 12.6 Å². The highest BCUT2D eigenvalue weighted by Crippen LogP contribution is 2.23. The van der Waals surface area contributed by atoms with Crippen LogP contribution in [0.5, 0.6) is 0 Å². The highest BCUT2D eigenvalue weighted by Gasteiger charge is 2.33. The Bertz CT molecular complexity index is 519. The maximum Gasteiger partial charge on any atom is 0.286 e. The molecule has 2 N–H and O–H groups in total. The number of nitrogens with one attached hydrogen (secondary N) is 2. The zero-order valence-electron chi connectivity index (χ0n) is 9.17. The van der Waals surface area contributed by atoms with E-state index in [2.05, 4.69) is 23.3 Å². The third kappa shape index (κ3) is 3.05. The third-order valence-corrected chi connectivity index (χ3v) is 3.69. The zero-order valence-corrected chi connectivity index (χ0v) is 10.9. The van der Waals surface area contributed by atoms with Crippen LogP contribution < -0.4 is 10.6 Å². The standard InChI is InChI=1S/C11H10N2O3S2/c14-9(5-8-10(15)13-11(16)18-8)12-6-3-1-2-4-7(6)17/h1-4,8,17H,5H2,(H,12,14)(H,13,15,16)/t8-/m1/s1. The van der Waals surface area contributed by atoms with Crippen LogP contribution in [-0.4, -0.2) is 22.3 Å². The average molecular weight is 282 g/mol. The second-order valence-electron chi connectivity index (χ2n) is 3.65. The number of hydrogen-bond donors (Lipinski definition) is 3. The summed E-state index contributed by atoms with van der Waals surface area (Å²) in [6, 6.07) is 7.04. The lowest BCUT2D eigenvalue weighted by Crippen LogP contribution is -2.27. The van der Waals surface area contributed by atoms with Crippen molar-refractivity contribution in [1.82, 2.24) is 5.32 Å². The van der Waals surface area contributed by atoms with Gasteiger partial charge in [-0.25, -0.2) is 0 Å². The van der Waals surface area contributed by atoms with E-state index in [0.29, 0.717) is 10.6 Å². The van der Waals surface area contributed by atoms with Gasteiger partial charge in [0.2, 0.25) is 11.8 Å². The summed E-state index contributed by atoms with van der Waals surface area (Å²) in [6.07, 6.45) is -0.0373. The second-order valence-corrected chi connectivity index (χ2v) is 5.31. The Hall–Kier alpha value is -1.47. The van der Waals surface area contributed by atoms with E-state index in [-0.39, 0.29) is 12.3 Å². The molecule has 1 saturated heterocycles. The Kier molecular flexibility index (Phi) is 3.93. The molecule has 7 heteroatoms. The predicted molar refractivity (Wildman–Crippen MR) is 71.9 cm³/mol. The van der Waals surface area contributed by atoms with Crippen LogP contribution in [0.2, 0.25) is 0 Å². The molecule has 18 heavy (non-hydrogen) atoms. The van der Waals surface area contributed by atoms with Crippen LogP contribution in [0.1, 0.15) is 6.42 Å². The average Bonchev–Trinajstić information content (AvgIpc) is 2.61. The van der Waals surface area contributed by atoms with Crippen molar-refractivity contribution in [3.8, 4) is 0 Å². The van der Waals surface area contributed by atoms with E-state index in [1.807, 2.05) is 0 Å². The van der Waals surface area contributed by atoms with E-state index >= 15 is 0 Å². The summed E-state index contributed by atoms with van der Waals surface area (Å²) in [5.41, 5.74) is 0.584. The van der Waals surface area contributed by atoms with Gasteiger partial charge in [0.1, 0.15) is 5.25 Å². The van der Waals surface area contributed by atoms with Crippen molar-refractivity contribution in [3.05, 3.63) is 24.3 Å². The normalized spacial score (nSPS) is 18.6. The van der Waals surface area contributed by atoms with Gasteiger partial charge in [-0.1, -0.05) is 23.9 Å². The first kappa shape index (κ1) is 13.0. The van der Waals surface area contributed by atoms with Crippen LogP contribution >= 0.6 is 24.4 Å². The van der Waals surface area contributed by atoms with Gasteiger partial charge in [-0.05, 0) is 12.1 Å². The summed E-state index contributed by atoms with van der Waals surface area (Å²) >= 11 is 5.04. The molecule has 2 rings (SSSR count). The first-order valence-corrected chi connectivity index (χ1v) is 6.48. The summed E-state index contributed by atoms with van der Waals surface area (Å²) < 4.78 is 0. The maximum absolute atomic E-state index is 11.7. The predicted octanol–water partition coefficient (Wildman–Crippen LogP) is 1.66. The van der Waals surface area contributed by atoms with Crippen molar-refractivity contribution < 1.29 is 14.4 Å². The zero-order chi connectivity index (χ0) is 13.1. The van der Waals surface area contributed by atoms with Crippen LogP contribution in [0.15, 0.2) is 29.2 Å². The highest BCUT2D eigenvalue weighted by atomic mass is 32.2. The molecular weight excluding hydrogens is 272 g/mol. The number of imide groups is 1. The fourth-order valence-electron chi connectivity index (χ4n) is 1.48. The number of carbonyl (C=O) groups is 3. The van der Waals surface area contributed by atoms with E-state index in [1.165, 1.54) is 0 Å². The van der Waals surface area contributed by atoms with Crippen LogP contribution in [-0.2, 0) is 9.59 Å². The maximum atomic E-state index is 11.7. The summed E-state index contributed by atoms with van der Waals surface area (Å²) in [6.45, 7) is 0. The Labute approximate surface area is 113 Å². The fourth-order valence-corrected chi connectivity index (χ4v) is 2.51. The second kappa shape index (κ2) is 5.45. The van der Waals surface area contributed by atoms with Crippen molar-refractivity contribution in [2.24, 2.45) is 0 Å². The molecular formula is C11H10N2O3S2. The molecule has 1 atom stereocenters. The summed E-state index contributed by atoms with van der Waals surface area (Å²) in [5, 5.41) is 3.73. The number of anilines is 1. The van der Waals surface area contributed by atoms with Gasteiger partial charge in [-0.3, -0.25) is 19.7 Å². The number of para-hydroxylation sites is 1. The van der Waals surface area contributed by atoms with E-state index in [9.17, 15) is 14.4 Å². The number of rotatable bonds is 3. The quantitative estimate of drug-likeness (QED) is 0.737. The fraction of sp³-hybridized carbons (Fsp3) is 0.182. The van der Waals surface area contributed by atoms with Gasteiger partial charge in [0.15, 0.2) is 0 Å². The smallest absolute Gasteiger partial charge is 0.286 e. The number of benzene rings is 1. The minimum atomic E-state index is -0.649. The van der Waals surface area contributed by atoms with Crippen molar-refractivity contribution in [3.63, 3.8) is 0 Å². The molecule has 5 nitrogen and oxygen atoms in total. The minimum Gasteiger partial charge on any atom is -0.325 e. The molecule has 0 radical (unpaired) electrons. The Balaban J connectivity index is 1.95. The van der Waals surface area contributed by atoms with Crippen molar-refractivity contribution in [2.75, 3.05) is 5.32 Å². The monoisotopic (exact) mass is 282 g/mol. The van der Waals surface area contributed by atoms with Gasteiger partial charge >= 0.3 is 0 Å². The molecule has 1 aromatic carbocycles. The number of thioether (sulfide) groups is 1. The van der Waals surface area contributed by atoms with Crippen molar-refractivity contribution in [2.45, 2.75) is 16.6 Å². The van der Waals surface area contributed by atoms with Crippen molar-refractivity contribution in [1.29, 1.82) is 0 Å². The van der Waals surface area contributed by atoms with Gasteiger partial charge < -0.3 is 5.32 Å². The molecule has 94 valence electrons. The molecule has 0 saturated carbocycles. The molecule has 0 aromatic heterocycles. The van der Waals surface area contributed by atoms with E-state index < -0.39 is 16.4 Å². The van der Waals surface area contributed by atoms with E-state index in [4.69, 9.17) is 0 Å². The number of amides is 3. The van der Waals surface area contributed by atoms with E-state index in [1.54, 1.807) is 24.3 Å². The lowest BCUT2D eigenvalue weighted by molar-refractivity contribution is -0.122. The Morgan fingerprint density at radius 1 is 1.39 bits per heavy atom.